The minimum Gasteiger partial charge on any atom is -0.363 e. The van der Waals surface area contributed by atoms with Gasteiger partial charge in [-0.3, -0.25) is 0 Å². The number of benzene rings is 1. The number of aryl methyl sites for hydroxylation is 1. The zero-order valence-electron chi connectivity index (χ0n) is 12.1. The Bertz CT molecular complexity index is 413. The number of piperazine rings is 1. The maximum absolute atomic E-state index is 3.64. The van der Waals surface area contributed by atoms with Crippen LogP contribution in [-0.2, 0) is 6.42 Å². The molecule has 19 heavy (non-hydrogen) atoms. The van der Waals surface area contributed by atoms with Crippen molar-refractivity contribution in [3.8, 4) is 0 Å². The molecule has 1 aromatic carbocycles. The van der Waals surface area contributed by atoms with E-state index in [1.807, 2.05) is 0 Å². The highest BCUT2D eigenvalue weighted by Gasteiger charge is 2.40. The zero-order valence-corrected chi connectivity index (χ0v) is 12.1. The normalized spacial score (nSPS) is 22.7. The molecule has 3 rings (SSSR count). The maximum atomic E-state index is 3.64. The van der Waals surface area contributed by atoms with Crippen LogP contribution in [0.5, 0.6) is 0 Å². The van der Waals surface area contributed by atoms with Gasteiger partial charge in [0.25, 0.3) is 0 Å². The van der Waals surface area contributed by atoms with Crippen LogP contribution in [0.2, 0.25) is 0 Å². The van der Waals surface area contributed by atoms with E-state index < -0.39 is 0 Å². The van der Waals surface area contributed by atoms with Crippen LogP contribution in [0, 0.1) is 0 Å². The summed E-state index contributed by atoms with van der Waals surface area (Å²) in [5, 5.41) is 3.64. The highest BCUT2D eigenvalue weighted by Crippen LogP contribution is 2.38. The summed E-state index contributed by atoms with van der Waals surface area (Å²) in [5.41, 5.74) is 3.39. The third kappa shape index (κ3) is 2.38. The quantitative estimate of drug-likeness (QED) is 0.875. The van der Waals surface area contributed by atoms with Crippen molar-refractivity contribution >= 4 is 5.69 Å². The first-order valence-corrected chi connectivity index (χ1v) is 7.92. The van der Waals surface area contributed by atoms with Crippen molar-refractivity contribution in [3.63, 3.8) is 0 Å². The molecule has 2 fully saturated rings. The van der Waals surface area contributed by atoms with Crippen LogP contribution in [0.1, 0.15) is 44.6 Å². The lowest BCUT2D eigenvalue weighted by Crippen LogP contribution is -2.62. The van der Waals surface area contributed by atoms with Gasteiger partial charge in [0.05, 0.1) is 5.54 Å². The molecule has 0 unspecified atom stereocenters. The minimum atomic E-state index is 0.391. The molecule has 1 saturated carbocycles. The first kappa shape index (κ1) is 13.0. The third-order valence-corrected chi connectivity index (χ3v) is 4.99. The molecular formula is C17H26N2. The van der Waals surface area contributed by atoms with Gasteiger partial charge in [-0.1, -0.05) is 44.4 Å². The Labute approximate surface area is 117 Å². The van der Waals surface area contributed by atoms with Gasteiger partial charge >= 0.3 is 0 Å². The topological polar surface area (TPSA) is 15.3 Å². The molecule has 2 aliphatic rings. The van der Waals surface area contributed by atoms with E-state index in [1.165, 1.54) is 49.9 Å². The van der Waals surface area contributed by atoms with Crippen LogP contribution in [0.4, 0.5) is 5.69 Å². The van der Waals surface area contributed by atoms with Crippen LogP contribution in [0.15, 0.2) is 24.3 Å². The molecule has 1 N–H and O–H groups in total. The standard InChI is InChI=1S/C17H26N2/c1-2-15-8-4-5-9-16(15)19-13-12-18-14-17(19)10-6-3-7-11-17/h4-5,8-9,18H,2-3,6-7,10-14H2,1H3. The molecule has 2 nitrogen and oxygen atoms in total. The molecule has 1 aliphatic carbocycles. The average Bonchev–Trinajstić information content (AvgIpc) is 2.49. The number of para-hydroxylation sites is 1. The van der Waals surface area contributed by atoms with E-state index in [-0.39, 0.29) is 0 Å². The lowest BCUT2D eigenvalue weighted by molar-refractivity contribution is 0.241. The summed E-state index contributed by atoms with van der Waals surface area (Å²) in [6, 6.07) is 9.01. The summed E-state index contributed by atoms with van der Waals surface area (Å²) in [5.74, 6) is 0. The number of nitrogens with one attached hydrogen (secondary N) is 1. The van der Waals surface area contributed by atoms with Crippen molar-refractivity contribution in [2.75, 3.05) is 24.5 Å². The number of rotatable bonds is 2. The summed E-state index contributed by atoms with van der Waals surface area (Å²) in [6.45, 7) is 5.73. The van der Waals surface area contributed by atoms with Gasteiger partial charge in [0.2, 0.25) is 0 Å². The van der Waals surface area contributed by atoms with Crippen molar-refractivity contribution in [1.29, 1.82) is 0 Å². The van der Waals surface area contributed by atoms with Crippen molar-refractivity contribution in [2.45, 2.75) is 51.0 Å². The molecule has 0 amide bonds. The number of hydrogen-bond donors (Lipinski definition) is 1. The molecule has 1 saturated heterocycles. The second kappa shape index (κ2) is 5.54. The molecule has 0 radical (unpaired) electrons. The molecule has 0 bridgehead atoms. The predicted octanol–water partition coefficient (Wildman–Crippen LogP) is 3.36. The van der Waals surface area contributed by atoms with Crippen molar-refractivity contribution in [3.05, 3.63) is 29.8 Å². The first-order chi connectivity index (χ1) is 9.36. The lowest BCUT2D eigenvalue weighted by atomic mass is 9.78. The summed E-state index contributed by atoms with van der Waals surface area (Å²) in [4.78, 5) is 2.74. The van der Waals surface area contributed by atoms with Crippen molar-refractivity contribution < 1.29 is 0 Å². The maximum Gasteiger partial charge on any atom is 0.0527 e. The van der Waals surface area contributed by atoms with E-state index in [0.29, 0.717) is 5.54 Å². The molecular weight excluding hydrogens is 232 g/mol. The smallest absolute Gasteiger partial charge is 0.0527 e. The zero-order chi connectivity index (χ0) is 13.1. The van der Waals surface area contributed by atoms with Crippen LogP contribution in [0.3, 0.4) is 0 Å². The van der Waals surface area contributed by atoms with Gasteiger partial charge in [-0.05, 0) is 30.9 Å². The van der Waals surface area contributed by atoms with E-state index in [2.05, 4.69) is 41.4 Å². The Morgan fingerprint density at radius 1 is 1.16 bits per heavy atom. The lowest BCUT2D eigenvalue weighted by Gasteiger charge is -2.51. The summed E-state index contributed by atoms with van der Waals surface area (Å²) in [6.07, 6.45) is 8.07. The fraction of sp³-hybridized carbons (Fsp3) is 0.647. The fourth-order valence-electron chi connectivity index (χ4n) is 3.95. The highest BCUT2D eigenvalue weighted by atomic mass is 15.3. The number of nitrogens with zero attached hydrogens (tertiary/aromatic N) is 1. The van der Waals surface area contributed by atoms with Gasteiger partial charge in [0.15, 0.2) is 0 Å². The van der Waals surface area contributed by atoms with E-state index in [0.717, 1.165) is 19.5 Å². The monoisotopic (exact) mass is 258 g/mol. The van der Waals surface area contributed by atoms with Crippen LogP contribution in [-0.4, -0.2) is 25.2 Å². The second-order valence-corrected chi connectivity index (χ2v) is 6.10. The SMILES string of the molecule is CCc1ccccc1N1CCNCC12CCCCC2. The molecule has 2 heteroatoms. The predicted molar refractivity (Wildman–Crippen MR) is 81.9 cm³/mol. The molecule has 1 aliphatic heterocycles. The van der Waals surface area contributed by atoms with Crippen molar-refractivity contribution in [2.24, 2.45) is 0 Å². The van der Waals surface area contributed by atoms with Gasteiger partial charge in [-0.25, -0.2) is 0 Å². The van der Waals surface area contributed by atoms with Crippen LogP contribution in [0.25, 0.3) is 0 Å². The highest BCUT2D eigenvalue weighted by molar-refractivity contribution is 5.56. The largest absolute Gasteiger partial charge is 0.363 e. The fourth-order valence-corrected chi connectivity index (χ4v) is 3.95. The van der Waals surface area contributed by atoms with Gasteiger partial charge in [0, 0.05) is 25.3 Å². The summed E-state index contributed by atoms with van der Waals surface area (Å²) < 4.78 is 0. The minimum absolute atomic E-state index is 0.391. The van der Waals surface area contributed by atoms with E-state index in [9.17, 15) is 0 Å². The molecule has 0 aromatic heterocycles. The van der Waals surface area contributed by atoms with Gasteiger partial charge < -0.3 is 10.2 Å². The molecule has 0 atom stereocenters. The first-order valence-electron chi connectivity index (χ1n) is 7.92. The summed E-state index contributed by atoms with van der Waals surface area (Å²) in [7, 11) is 0. The van der Waals surface area contributed by atoms with Crippen LogP contribution < -0.4 is 10.2 Å². The van der Waals surface area contributed by atoms with E-state index in [1.54, 1.807) is 0 Å². The third-order valence-electron chi connectivity index (χ3n) is 4.99. The van der Waals surface area contributed by atoms with Crippen LogP contribution >= 0.6 is 0 Å². The number of anilines is 1. The van der Waals surface area contributed by atoms with Gasteiger partial charge in [-0.15, -0.1) is 0 Å². The van der Waals surface area contributed by atoms with Crippen molar-refractivity contribution in [1.82, 2.24) is 5.32 Å². The Kier molecular flexibility index (Phi) is 3.79. The van der Waals surface area contributed by atoms with E-state index in [4.69, 9.17) is 0 Å². The number of hydrogen-bond acceptors (Lipinski definition) is 2. The Morgan fingerprint density at radius 2 is 1.95 bits per heavy atom. The van der Waals surface area contributed by atoms with Gasteiger partial charge in [0.1, 0.15) is 0 Å². The Hall–Kier alpha value is -1.02. The molecule has 104 valence electrons. The molecule has 1 spiro atoms. The Balaban J connectivity index is 1.95. The summed E-state index contributed by atoms with van der Waals surface area (Å²) >= 11 is 0. The molecule has 1 heterocycles. The Morgan fingerprint density at radius 3 is 2.74 bits per heavy atom. The van der Waals surface area contributed by atoms with E-state index >= 15 is 0 Å². The van der Waals surface area contributed by atoms with Gasteiger partial charge in [-0.2, -0.15) is 0 Å². The second-order valence-electron chi connectivity index (χ2n) is 6.10. The molecule has 1 aromatic rings. The average molecular weight is 258 g/mol.